The van der Waals surface area contributed by atoms with Crippen LogP contribution in [0.25, 0.3) is 0 Å². The van der Waals surface area contributed by atoms with Gasteiger partial charge < -0.3 is 15.0 Å². The highest BCUT2D eigenvalue weighted by Crippen LogP contribution is 2.12. The van der Waals surface area contributed by atoms with Crippen LogP contribution in [0.5, 0.6) is 5.75 Å². The van der Waals surface area contributed by atoms with Crippen LogP contribution in [0.1, 0.15) is 39.2 Å². The van der Waals surface area contributed by atoms with Crippen LogP contribution in [0.15, 0.2) is 24.3 Å². The van der Waals surface area contributed by atoms with E-state index in [1.165, 1.54) is 12.0 Å². The molecule has 0 unspecified atom stereocenters. The molecule has 3 heteroatoms. The van der Waals surface area contributed by atoms with Crippen LogP contribution < -0.4 is 10.1 Å². The summed E-state index contributed by atoms with van der Waals surface area (Å²) >= 11 is 0. The Morgan fingerprint density at radius 1 is 1.05 bits per heavy atom. The fraction of sp³-hybridized carbons (Fsp3) is 0.647. The van der Waals surface area contributed by atoms with Crippen molar-refractivity contribution >= 4 is 0 Å². The van der Waals surface area contributed by atoms with Crippen molar-refractivity contribution in [2.45, 2.75) is 40.2 Å². The maximum Gasteiger partial charge on any atom is 0.119 e. The lowest BCUT2D eigenvalue weighted by Crippen LogP contribution is -2.31. The number of likely N-dealkylation sites (N-methyl/N-ethyl adjacent to an activating group) is 1. The Hall–Kier alpha value is -1.06. The first kappa shape index (κ1) is 17.0. The maximum atomic E-state index is 5.66. The fourth-order valence-corrected chi connectivity index (χ4v) is 2.05. The summed E-state index contributed by atoms with van der Waals surface area (Å²) in [5, 5.41) is 3.49. The molecule has 20 heavy (non-hydrogen) atoms. The monoisotopic (exact) mass is 278 g/mol. The number of ether oxygens (including phenoxy) is 1. The van der Waals surface area contributed by atoms with E-state index in [4.69, 9.17) is 4.74 Å². The molecule has 0 saturated heterocycles. The molecule has 0 aliphatic carbocycles. The molecule has 0 atom stereocenters. The molecule has 0 aromatic heterocycles. The SMILES string of the molecule is CCCCOc1ccc(CNCCN(CC)CC)cc1. The summed E-state index contributed by atoms with van der Waals surface area (Å²) < 4.78 is 5.66. The van der Waals surface area contributed by atoms with E-state index in [9.17, 15) is 0 Å². The molecule has 0 fully saturated rings. The number of nitrogens with zero attached hydrogens (tertiary/aromatic N) is 1. The molecule has 0 aliphatic heterocycles. The average molecular weight is 278 g/mol. The van der Waals surface area contributed by atoms with Gasteiger partial charge in [0, 0.05) is 19.6 Å². The smallest absolute Gasteiger partial charge is 0.119 e. The molecule has 1 aromatic rings. The Bertz CT molecular complexity index is 333. The molecular formula is C17H30N2O. The lowest BCUT2D eigenvalue weighted by atomic mass is 10.2. The molecule has 0 radical (unpaired) electrons. The van der Waals surface area contributed by atoms with Crippen LogP contribution in [0, 0.1) is 0 Å². The van der Waals surface area contributed by atoms with Crippen LogP contribution in [-0.4, -0.2) is 37.7 Å². The number of rotatable bonds is 11. The van der Waals surface area contributed by atoms with Gasteiger partial charge in [0.25, 0.3) is 0 Å². The molecule has 1 N–H and O–H groups in total. The number of benzene rings is 1. The zero-order valence-corrected chi connectivity index (χ0v) is 13.3. The summed E-state index contributed by atoms with van der Waals surface area (Å²) in [6.07, 6.45) is 2.29. The van der Waals surface area contributed by atoms with Gasteiger partial charge in [0.05, 0.1) is 6.61 Å². The van der Waals surface area contributed by atoms with Crippen molar-refractivity contribution in [3.05, 3.63) is 29.8 Å². The Morgan fingerprint density at radius 2 is 1.75 bits per heavy atom. The van der Waals surface area contributed by atoms with Gasteiger partial charge in [-0.05, 0) is 37.2 Å². The Morgan fingerprint density at radius 3 is 2.35 bits per heavy atom. The first-order valence-electron chi connectivity index (χ1n) is 7.94. The van der Waals surface area contributed by atoms with E-state index in [0.717, 1.165) is 51.5 Å². The van der Waals surface area contributed by atoms with Gasteiger partial charge in [-0.3, -0.25) is 0 Å². The second-order valence-corrected chi connectivity index (χ2v) is 5.05. The van der Waals surface area contributed by atoms with Gasteiger partial charge in [-0.1, -0.05) is 39.3 Å². The fourth-order valence-electron chi connectivity index (χ4n) is 2.05. The molecule has 0 amide bonds. The van der Waals surface area contributed by atoms with Crippen molar-refractivity contribution in [1.29, 1.82) is 0 Å². The largest absolute Gasteiger partial charge is 0.494 e. The Balaban J connectivity index is 2.21. The van der Waals surface area contributed by atoms with Gasteiger partial charge in [-0.15, -0.1) is 0 Å². The third-order valence-electron chi connectivity index (χ3n) is 3.52. The van der Waals surface area contributed by atoms with Gasteiger partial charge in [-0.25, -0.2) is 0 Å². The molecule has 114 valence electrons. The predicted octanol–water partition coefficient (Wildman–Crippen LogP) is 3.30. The minimum absolute atomic E-state index is 0.817. The summed E-state index contributed by atoms with van der Waals surface area (Å²) in [5.41, 5.74) is 1.31. The summed E-state index contributed by atoms with van der Waals surface area (Å²) in [6.45, 7) is 12.7. The Labute approximate surface area is 124 Å². The second-order valence-electron chi connectivity index (χ2n) is 5.05. The predicted molar refractivity (Wildman–Crippen MR) is 86.3 cm³/mol. The standard InChI is InChI=1S/C17H30N2O/c1-4-7-14-20-17-10-8-16(9-11-17)15-18-12-13-19(5-2)6-3/h8-11,18H,4-7,12-15H2,1-3H3. The highest BCUT2D eigenvalue weighted by Gasteiger charge is 1.99. The number of unbranched alkanes of at least 4 members (excludes halogenated alkanes) is 1. The van der Waals surface area contributed by atoms with Crippen molar-refractivity contribution in [3.63, 3.8) is 0 Å². The van der Waals surface area contributed by atoms with E-state index in [1.807, 2.05) is 0 Å². The minimum atomic E-state index is 0.817. The second kappa shape index (κ2) is 10.7. The number of hydrogen-bond acceptors (Lipinski definition) is 3. The van der Waals surface area contributed by atoms with E-state index in [0.29, 0.717) is 0 Å². The first-order valence-corrected chi connectivity index (χ1v) is 7.94. The summed E-state index contributed by atoms with van der Waals surface area (Å²) in [7, 11) is 0. The highest BCUT2D eigenvalue weighted by atomic mass is 16.5. The molecule has 1 rings (SSSR count). The van der Waals surface area contributed by atoms with Gasteiger partial charge >= 0.3 is 0 Å². The van der Waals surface area contributed by atoms with Crippen LogP contribution in [0.4, 0.5) is 0 Å². The van der Waals surface area contributed by atoms with E-state index in [2.05, 4.69) is 55.3 Å². The van der Waals surface area contributed by atoms with Crippen LogP contribution in [-0.2, 0) is 6.54 Å². The van der Waals surface area contributed by atoms with E-state index >= 15 is 0 Å². The number of hydrogen-bond donors (Lipinski definition) is 1. The highest BCUT2D eigenvalue weighted by molar-refractivity contribution is 5.27. The summed E-state index contributed by atoms with van der Waals surface area (Å²) in [6, 6.07) is 8.42. The summed E-state index contributed by atoms with van der Waals surface area (Å²) in [4.78, 5) is 2.43. The van der Waals surface area contributed by atoms with Crippen LogP contribution in [0.3, 0.4) is 0 Å². The van der Waals surface area contributed by atoms with Crippen molar-refractivity contribution in [2.24, 2.45) is 0 Å². The molecule has 3 nitrogen and oxygen atoms in total. The quantitative estimate of drug-likeness (QED) is 0.629. The molecule has 1 aromatic carbocycles. The molecule has 0 heterocycles. The van der Waals surface area contributed by atoms with Crippen molar-refractivity contribution in [1.82, 2.24) is 10.2 Å². The van der Waals surface area contributed by atoms with Gasteiger partial charge in [-0.2, -0.15) is 0 Å². The first-order chi connectivity index (χ1) is 9.80. The normalized spacial score (nSPS) is 11.0. The third kappa shape index (κ3) is 6.92. The maximum absolute atomic E-state index is 5.66. The molecule has 0 saturated carbocycles. The van der Waals surface area contributed by atoms with Crippen LogP contribution >= 0.6 is 0 Å². The summed E-state index contributed by atoms with van der Waals surface area (Å²) in [5.74, 6) is 0.977. The molecule has 0 spiro atoms. The van der Waals surface area contributed by atoms with E-state index in [1.54, 1.807) is 0 Å². The number of nitrogens with one attached hydrogen (secondary N) is 1. The zero-order chi connectivity index (χ0) is 14.6. The van der Waals surface area contributed by atoms with Crippen molar-refractivity contribution in [3.8, 4) is 5.75 Å². The minimum Gasteiger partial charge on any atom is -0.494 e. The van der Waals surface area contributed by atoms with Gasteiger partial charge in [0.2, 0.25) is 0 Å². The van der Waals surface area contributed by atoms with Gasteiger partial charge in [0.1, 0.15) is 5.75 Å². The lowest BCUT2D eigenvalue weighted by molar-refractivity contribution is 0.302. The van der Waals surface area contributed by atoms with Crippen LogP contribution in [0.2, 0.25) is 0 Å². The average Bonchev–Trinajstić information content (AvgIpc) is 2.49. The molecule has 0 aliphatic rings. The molecule has 0 bridgehead atoms. The Kier molecular flexibility index (Phi) is 9.09. The lowest BCUT2D eigenvalue weighted by Gasteiger charge is -2.18. The van der Waals surface area contributed by atoms with Crippen molar-refractivity contribution in [2.75, 3.05) is 32.8 Å². The third-order valence-corrected chi connectivity index (χ3v) is 3.52. The topological polar surface area (TPSA) is 24.5 Å². The molecular weight excluding hydrogens is 248 g/mol. The van der Waals surface area contributed by atoms with E-state index < -0.39 is 0 Å². The van der Waals surface area contributed by atoms with Crippen molar-refractivity contribution < 1.29 is 4.74 Å². The van der Waals surface area contributed by atoms with E-state index in [-0.39, 0.29) is 0 Å². The zero-order valence-electron chi connectivity index (χ0n) is 13.3. The van der Waals surface area contributed by atoms with Gasteiger partial charge in [0.15, 0.2) is 0 Å².